The lowest BCUT2D eigenvalue weighted by atomic mass is 10.0. The Morgan fingerprint density at radius 3 is 2.63 bits per heavy atom. The van der Waals surface area contributed by atoms with Crippen LogP contribution < -0.4 is 0 Å². The minimum atomic E-state index is -0.343. The Balaban J connectivity index is 1.48. The Morgan fingerprint density at radius 1 is 0.914 bits per heavy atom. The first-order valence-electron chi connectivity index (χ1n) is 11.1. The van der Waals surface area contributed by atoms with Gasteiger partial charge in [-0.15, -0.1) is 0 Å². The van der Waals surface area contributed by atoms with Gasteiger partial charge in [0, 0.05) is 65.7 Å². The van der Waals surface area contributed by atoms with Crippen LogP contribution in [0.3, 0.4) is 0 Å². The van der Waals surface area contributed by atoms with Crippen LogP contribution in [-0.2, 0) is 6.54 Å². The van der Waals surface area contributed by atoms with Crippen molar-refractivity contribution in [1.82, 2.24) is 40.0 Å². The van der Waals surface area contributed by atoms with E-state index in [-0.39, 0.29) is 5.82 Å². The number of benzene rings is 1. The zero-order valence-electron chi connectivity index (χ0n) is 19.1. The molecule has 0 aliphatic heterocycles. The lowest BCUT2D eigenvalue weighted by Crippen LogP contribution is -2.10. The Kier molecular flexibility index (Phi) is 5.04. The third kappa shape index (κ3) is 3.81. The second-order valence-electron chi connectivity index (χ2n) is 8.65. The molecule has 8 nitrogen and oxygen atoms in total. The molecule has 2 N–H and O–H groups in total. The predicted molar refractivity (Wildman–Crippen MR) is 133 cm³/mol. The minimum absolute atomic E-state index is 0.343. The maximum atomic E-state index is 15.1. The summed E-state index contributed by atoms with van der Waals surface area (Å²) in [5.41, 5.74) is 6.52. The van der Waals surface area contributed by atoms with Crippen LogP contribution in [0.2, 0.25) is 0 Å². The fourth-order valence-electron chi connectivity index (χ4n) is 4.29. The Hall–Kier alpha value is -4.50. The summed E-state index contributed by atoms with van der Waals surface area (Å²) >= 11 is 0. The summed E-state index contributed by atoms with van der Waals surface area (Å²) in [5, 5.41) is 8.15. The summed E-state index contributed by atoms with van der Waals surface area (Å²) in [4.78, 5) is 23.2. The molecular formula is C26H21FN8. The van der Waals surface area contributed by atoms with Crippen LogP contribution in [0, 0.1) is 5.82 Å². The van der Waals surface area contributed by atoms with Crippen LogP contribution >= 0.6 is 0 Å². The monoisotopic (exact) mass is 464 g/mol. The van der Waals surface area contributed by atoms with E-state index >= 15 is 4.39 Å². The third-order valence-electron chi connectivity index (χ3n) is 5.82. The standard InChI is InChI=1S/C26H21FN8/c1-35(2)14-15-8-17(13-29-11-15)18-9-19-22(10-20(18)27)33-34-24(19)26-31-21-5-7-30-23(25(21)32-26)16-4-3-6-28-12-16/h3-13H,14H2,1-2H3,(H,31,32)(H,33,34). The van der Waals surface area contributed by atoms with Crippen LogP contribution in [0.4, 0.5) is 4.39 Å². The van der Waals surface area contributed by atoms with Crippen LogP contribution in [-0.4, -0.2) is 54.1 Å². The number of aromatic nitrogens is 7. The zero-order valence-corrected chi connectivity index (χ0v) is 19.1. The van der Waals surface area contributed by atoms with Gasteiger partial charge < -0.3 is 9.88 Å². The van der Waals surface area contributed by atoms with Crippen LogP contribution in [0.5, 0.6) is 0 Å². The number of fused-ring (bicyclic) bond motifs is 2. The van der Waals surface area contributed by atoms with Gasteiger partial charge >= 0.3 is 0 Å². The lowest BCUT2D eigenvalue weighted by molar-refractivity contribution is 0.402. The fraction of sp³-hybridized carbons (Fsp3) is 0.115. The van der Waals surface area contributed by atoms with E-state index in [9.17, 15) is 0 Å². The van der Waals surface area contributed by atoms with Crippen molar-refractivity contribution in [2.24, 2.45) is 0 Å². The molecule has 0 bridgehead atoms. The SMILES string of the molecule is CN(C)Cc1cncc(-c2cc3c(-c4nc5c(-c6cccnc6)nccc5[nH]4)n[nH]c3cc2F)c1. The Labute approximate surface area is 199 Å². The predicted octanol–water partition coefficient (Wildman–Crippen LogP) is 4.83. The highest BCUT2D eigenvalue weighted by molar-refractivity contribution is 5.97. The Morgan fingerprint density at radius 2 is 1.80 bits per heavy atom. The molecule has 0 saturated heterocycles. The molecule has 6 aromatic rings. The average molecular weight is 465 g/mol. The van der Waals surface area contributed by atoms with Gasteiger partial charge in [0.05, 0.1) is 16.7 Å². The van der Waals surface area contributed by atoms with Gasteiger partial charge in [-0.2, -0.15) is 5.10 Å². The van der Waals surface area contributed by atoms with E-state index in [0.29, 0.717) is 34.7 Å². The van der Waals surface area contributed by atoms with Crippen LogP contribution in [0.25, 0.3) is 55.8 Å². The third-order valence-corrected chi connectivity index (χ3v) is 5.82. The second-order valence-corrected chi connectivity index (χ2v) is 8.65. The number of H-pyrrole nitrogens is 2. The number of hydrogen-bond acceptors (Lipinski definition) is 6. The van der Waals surface area contributed by atoms with Gasteiger partial charge in [0.25, 0.3) is 0 Å². The van der Waals surface area contributed by atoms with E-state index < -0.39 is 0 Å². The molecule has 5 aromatic heterocycles. The molecule has 9 heteroatoms. The van der Waals surface area contributed by atoms with E-state index in [1.807, 2.05) is 43.3 Å². The number of hydrogen-bond donors (Lipinski definition) is 2. The smallest absolute Gasteiger partial charge is 0.159 e. The Bertz CT molecular complexity index is 1670. The van der Waals surface area contributed by atoms with Gasteiger partial charge in [-0.3, -0.25) is 20.1 Å². The van der Waals surface area contributed by atoms with Crippen LogP contribution in [0.1, 0.15) is 5.56 Å². The van der Waals surface area contributed by atoms with Gasteiger partial charge in [0.2, 0.25) is 0 Å². The molecule has 0 saturated carbocycles. The lowest BCUT2D eigenvalue weighted by Gasteiger charge is -2.11. The minimum Gasteiger partial charge on any atom is -0.336 e. The zero-order chi connectivity index (χ0) is 23.9. The number of rotatable bonds is 5. The van der Waals surface area contributed by atoms with Crippen molar-refractivity contribution in [3.63, 3.8) is 0 Å². The van der Waals surface area contributed by atoms with Crippen molar-refractivity contribution in [3.8, 4) is 33.9 Å². The van der Waals surface area contributed by atoms with E-state index in [0.717, 1.165) is 33.2 Å². The van der Waals surface area contributed by atoms with Crippen molar-refractivity contribution in [2.75, 3.05) is 14.1 Å². The molecular weight excluding hydrogens is 443 g/mol. The normalized spacial score (nSPS) is 11.7. The van der Waals surface area contributed by atoms with Gasteiger partial charge in [0.1, 0.15) is 17.0 Å². The number of pyridine rings is 3. The molecule has 0 unspecified atom stereocenters. The number of nitrogens with zero attached hydrogens (tertiary/aromatic N) is 6. The molecule has 5 heterocycles. The molecule has 1 aromatic carbocycles. The topological polar surface area (TPSA) is 99.3 Å². The first-order chi connectivity index (χ1) is 17.1. The highest BCUT2D eigenvalue weighted by atomic mass is 19.1. The summed E-state index contributed by atoms with van der Waals surface area (Å²) in [6, 6.07) is 10.9. The number of nitrogens with one attached hydrogen (secondary N) is 2. The highest BCUT2D eigenvalue weighted by Crippen LogP contribution is 2.33. The summed E-state index contributed by atoms with van der Waals surface area (Å²) in [7, 11) is 3.97. The first kappa shape index (κ1) is 21.1. The molecule has 0 fully saturated rings. The molecule has 0 amide bonds. The van der Waals surface area contributed by atoms with Gasteiger partial charge in [-0.25, -0.2) is 9.37 Å². The summed E-state index contributed by atoms with van der Waals surface area (Å²) in [5.74, 6) is 0.227. The van der Waals surface area contributed by atoms with Gasteiger partial charge in [-0.1, -0.05) is 0 Å². The van der Waals surface area contributed by atoms with Gasteiger partial charge in [0.15, 0.2) is 5.82 Å². The van der Waals surface area contributed by atoms with Crippen molar-refractivity contribution < 1.29 is 4.39 Å². The number of aromatic amines is 2. The van der Waals surface area contributed by atoms with E-state index in [1.165, 1.54) is 6.07 Å². The van der Waals surface area contributed by atoms with Crippen LogP contribution in [0.15, 0.2) is 67.4 Å². The molecule has 6 rings (SSSR count). The van der Waals surface area contributed by atoms with E-state index in [4.69, 9.17) is 4.98 Å². The molecule has 0 aliphatic rings. The van der Waals surface area contributed by atoms with Crippen molar-refractivity contribution in [2.45, 2.75) is 6.54 Å². The summed E-state index contributed by atoms with van der Waals surface area (Å²) in [6.45, 7) is 0.716. The molecule has 172 valence electrons. The number of halogens is 1. The van der Waals surface area contributed by atoms with Crippen molar-refractivity contribution in [3.05, 3.63) is 78.8 Å². The summed E-state index contributed by atoms with van der Waals surface area (Å²) < 4.78 is 15.1. The molecule has 35 heavy (non-hydrogen) atoms. The second kappa shape index (κ2) is 8.37. The van der Waals surface area contributed by atoms with Crippen molar-refractivity contribution >= 4 is 21.9 Å². The quantitative estimate of drug-likeness (QED) is 0.379. The highest BCUT2D eigenvalue weighted by Gasteiger charge is 2.18. The maximum Gasteiger partial charge on any atom is 0.159 e. The fourth-order valence-corrected chi connectivity index (χ4v) is 4.29. The average Bonchev–Trinajstić information content (AvgIpc) is 3.47. The largest absolute Gasteiger partial charge is 0.336 e. The maximum absolute atomic E-state index is 15.1. The molecule has 0 aliphatic carbocycles. The summed E-state index contributed by atoms with van der Waals surface area (Å²) in [6.07, 6.45) is 8.68. The van der Waals surface area contributed by atoms with Crippen molar-refractivity contribution in [1.29, 1.82) is 0 Å². The van der Waals surface area contributed by atoms with E-state index in [2.05, 4.69) is 30.1 Å². The van der Waals surface area contributed by atoms with E-state index in [1.54, 1.807) is 37.1 Å². The molecule has 0 spiro atoms. The first-order valence-corrected chi connectivity index (χ1v) is 11.1. The number of imidazole rings is 1. The molecule has 0 radical (unpaired) electrons. The molecule has 0 atom stereocenters. The van der Waals surface area contributed by atoms with Gasteiger partial charge in [-0.05, 0) is 50.0 Å².